The molecule has 4 rings (SSSR count). The van der Waals surface area contributed by atoms with E-state index < -0.39 is 67.4 Å². The zero-order valence-electron chi connectivity index (χ0n) is 20.6. The highest BCUT2D eigenvalue weighted by molar-refractivity contribution is 7.88. The van der Waals surface area contributed by atoms with Gasteiger partial charge in [0.05, 0.1) is 5.02 Å². The van der Waals surface area contributed by atoms with Crippen LogP contribution in [-0.2, 0) is 25.3 Å². The average Bonchev–Trinajstić information content (AvgIpc) is 2.87. The first-order valence-electron chi connectivity index (χ1n) is 11.3. The Hall–Kier alpha value is -3.66. The molecular weight excluding hydrogens is 633 g/mol. The number of fused-ring (bicyclic) bond motifs is 2. The lowest BCUT2D eigenvalue weighted by atomic mass is 9.83. The van der Waals surface area contributed by atoms with Gasteiger partial charge in [-0.2, -0.15) is 47.9 Å². The van der Waals surface area contributed by atoms with Gasteiger partial charge in [-0.25, -0.2) is 0 Å². The molecule has 0 spiro atoms. The maximum atomic E-state index is 14.4. The van der Waals surface area contributed by atoms with E-state index in [1.54, 1.807) is 0 Å². The molecule has 0 bridgehead atoms. The number of halogens is 10. The Morgan fingerprint density at radius 2 is 1.36 bits per heavy atom. The molecule has 0 N–H and O–H groups in total. The molecule has 1 aliphatic heterocycles. The normalized spacial score (nSPS) is 16.0. The van der Waals surface area contributed by atoms with Gasteiger partial charge in [-0.05, 0) is 23.8 Å². The number of alkyl halides is 9. The van der Waals surface area contributed by atoms with E-state index in [4.69, 9.17) is 11.6 Å². The van der Waals surface area contributed by atoms with Gasteiger partial charge < -0.3 is 13.8 Å². The lowest BCUT2D eigenvalue weighted by molar-refractivity contribution is -0.378. The SMILES string of the molecule is CN1c2ccccc2C(C(=O)OC(c2ccccc2)(C(F)(F)F)C(F)(F)F)c2c1ccc(Cl)c2OS(=O)(=O)C(F)(F)F. The molecule has 0 radical (unpaired) electrons. The fraction of sp³-hybridized carbons (Fsp3) is 0.240. The van der Waals surface area contributed by atoms with E-state index in [9.17, 15) is 52.7 Å². The molecule has 0 aliphatic carbocycles. The maximum Gasteiger partial charge on any atom is 0.534 e. The van der Waals surface area contributed by atoms with E-state index in [0.29, 0.717) is 12.1 Å². The largest absolute Gasteiger partial charge is 0.534 e. The summed E-state index contributed by atoms with van der Waals surface area (Å²) in [6.07, 6.45) is -12.6. The van der Waals surface area contributed by atoms with E-state index in [2.05, 4.69) is 8.92 Å². The van der Waals surface area contributed by atoms with Crippen LogP contribution in [0.4, 0.5) is 50.9 Å². The number of nitrogens with zero attached hydrogens (tertiary/aromatic N) is 1. The highest BCUT2D eigenvalue weighted by Gasteiger charge is 2.75. The third kappa shape index (κ3) is 4.99. The Kier molecular flexibility index (Phi) is 7.64. The summed E-state index contributed by atoms with van der Waals surface area (Å²) in [6, 6.07) is 10.6. The van der Waals surface area contributed by atoms with Crippen molar-refractivity contribution in [1.82, 2.24) is 0 Å². The van der Waals surface area contributed by atoms with Crippen LogP contribution in [-0.4, -0.2) is 39.3 Å². The Morgan fingerprint density at radius 3 is 1.90 bits per heavy atom. The Bertz CT molecular complexity index is 1610. The molecule has 0 fully saturated rings. The van der Waals surface area contributed by atoms with Crippen LogP contribution in [0.3, 0.4) is 0 Å². The van der Waals surface area contributed by atoms with Crippen LogP contribution >= 0.6 is 11.6 Å². The Balaban J connectivity index is 2.01. The molecule has 0 aromatic heterocycles. The Morgan fingerprint density at radius 1 is 0.810 bits per heavy atom. The molecule has 6 nitrogen and oxygen atoms in total. The molecule has 1 unspecified atom stereocenters. The number of hydrogen-bond acceptors (Lipinski definition) is 6. The van der Waals surface area contributed by atoms with Crippen molar-refractivity contribution < 1.29 is 61.6 Å². The van der Waals surface area contributed by atoms with E-state index >= 15 is 0 Å². The van der Waals surface area contributed by atoms with Crippen LogP contribution < -0.4 is 9.08 Å². The summed E-state index contributed by atoms with van der Waals surface area (Å²) in [7, 11) is -5.20. The predicted molar refractivity (Wildman–Crippen MR) is 130 cm³/mol. The van der Waals surface area contributed by atoms with Crippen molar-refractivity contribution in [3.05, 3.63) is 88.4 Å². The summed E-state index contributed by atoms with van der Waals surface area (Å²) >= 11 is 5.95. The minimum atomic E-state index is -6.49. The van der Waals surface area contributed by atoms with E-state index in [-0.39, 0.29) is 16.9 Å². The monoisotopic (exact) mass is 647 g/mol. The van der Waals surface area contributed by atoms with Crippen molar-refractivity contribution in [2.45, 2.75) is 29.4 Å². The highest BCUT2D eigenvalue weighted by atomic mass is 35.5. The third-order valence-electron chi connectivity index (χ3n) is 6.33. The number of para-hydroxylation sites is 1. The number of esters is 1. The lowest BCUT2D eigenvalue weighted by Crippen LogP contribution is -2.57. The van der Waals surface area contributed by atoms with Crippen LogP contribution in [0.2, 0.25) is 5.02 Å². The lowest BCUT2D eigenvalue weighted by Gasteiger charge is -2.40. The molecule has 226 valence electrons. The molecule has 0 saturated heterocycles. The van der Waals surface area contributed by atoms with Gasteiger partial charge in [0.1, 0.15) is 5.92 Å². The number of rotatable bonds is 5. The van der Waals surface area contributed by atoms with Gasteiger partial charge in [0, 0.05) is 29.5 Å². The van der Waals surface area contributed by atoms with Gasteiger partial charge in [0.15, 0.2) is 5.75 Å². The Labute approximate surface area is 236 Å². The van der Waals surface area contributed by atoms with Crippen molar-refractivity contribution in [3.63, 3.8) is 0 Å². The molecule has 3 aromatic carbocycles. The minimum Gasteiger partial charge on any atom is -0.434 e. The minimum absolute atomic E-state index is 0.0169. The van der Waals surface area contributed by atoms with Crippen molar-refractivity contribution in [3.8, 4) is 5.75 Å². The van der Waals surface area contributed by atoms with Crippen LogP contribution in [0.15, 0.2) is 66.7 Å². The summed E-state index contributed by atoms with van der Waals surface area (Å²) in [6.45, 7) is 0. The van der Waals surface area contributed by atoms with Gasteiger partial charge in [-0.15, -0.1) is 0 Å². The third-order valence-corrected chi connectivity index (χ3v) is 7.58. The van der Waals surface area contributed by atoms with Gasteiger partial charge in [-0.1, -0.05) is 60.1 Å². The number of carbonyl (C=O) groups excluding carboxylic acids is 1. The van der Waals surface area contributed by atoms with Crippen molar-refractivity contribution >= 4 is 39.1 Å². The standard InChI is InChI=1S/C25H15ClF9NO5S/c1-36-16-10-6-5-9-14(16)18(19-17(36)12-11-15(26)20(19)41-42(38,39)25(33,34)35)21(37)40-22(23(27,28)29,24(30,31)32)13-7-3-2-4-8-13/h2-12,18H,1H3. The van der Waals surface area contributed by atoms with Crippen LogP contribution in [0.1, 0.15) is 22.6 Å². The summed E-state index contributed by atoms with van der Waals surface area (Å²) in [4.78, 5) is 14.8. The van der Waals surface area contributed by atoms with Gasteiger partial charge >= 0.3 is 39.5 Å². The zero-order valence-corrected chi connectivity index (χ0v) is 22.2. The molecule has 1 heterocycles. The number of ether oxygens (including phenoxy) is 1. The second-order valence-electron chi connectivity index (χ2n) is 8.81. The predicted octanol–water partition coefficient (Wildman–Crippen LogP) is 7.34. The average molecular weight is 648 g/mol. The molecular formula is C25H15ClF9NO5S. The number of anilines is 2. The molecule has 0 amide bonds. The second-order valence-corrected chi connectivity index (χ2v) is 10.8. The molecule has 42 heavy (non-hydrogen) atoms. The number of carbonyl (C=O) groups is 1. The molecule has 17 heteroatoms. The fourth-order valence-corrected chi connectivity index (χ4v) is 5.23. The van der Waals surface area contributed by atoms with Gasteiger partial charge in [-0.3, -0.25) is 4.79 Å². The van der Waals surface area contributed by atoms with Crippen molar-refractivity contribution in [1.29, 1.82) is 0 Å². The number of hydrogen-bond donors (Lipinski definition) is 0. The maximum absolute atomic E-state index is 14.4. The molecule has 1 atom stereocenters. The van der Waals surface area contributed by atoms with Crippen LogP contribution in [0.25, 0.3) is 0 Å². The molecule has 1 aliphatic rings. The summed E-state index contributed by atoms with van der Waals surface area (Å²) in [5.41, 5.74) is -14.3. The van der Waals surface area contributed by atoms with Gasteiger partial charge in [0.25, 0.3) is 0 Å². The second kappa shape index (κ2) is 10.3. The summed E-state index contributed by atoms with van der Waals surface area (Å²) < 4.78 is 158. The molecule has 3 aromatic rings. The first-order valence-corrected chi connectivity index (χ1v) is 13.1. The topological polar surface area (TPSA) is 72.9 Å². The fourth-order valence-electron chi connectivity index (χ4n) is 4.49. The number of benzene rings is 3. The first kappa shape index (κ1) is 31.3. The van der Waals surface area contributed by atoms with Gasteiger partial charge in [0.2, 0.25) is 0 Å². The quantitative estimate of drug-likeness (QED) is 0.125. The smallest absolute Gasteiger partial charge is 0.434 e. The van der Waals surface area contributed by atoms with Crippen LogP contribution in [0.5, 0.6) is 5.75 Å². The van der Waals surface area contributed by atoms with E-state index in [1.807, 2.05) is 0 Å². The summed E-state index contributed by atoms with van der Waals surface area (Å²) in [5.74, 6) is -5.97. The molecule has 0 saturated carbocycles. The van der Waals surface area contributed by atoms with E-state index in [0.717, 1.165) is 36.4 Å². The zero-order chi connectivity index (χ0) is 31.5. The van der Waals surface area contributed by atoms with Crippen molar-refractivity contribution in [2.75, 3.05) is 11.9 Å². The first-order chi connectivity index (χ1) is 19.2. The van der Waals surface area contributed by atoms with Crippen molar-refractivity contribution in [2.24, 2.45) is 0 Å². The summed E-state index contributed by atoms with van der Waals surface area (Å²) in [5, 5.41) is -0.854. The highest BCUT2D eigenvalue weighted by Crippen LogP contribution is 2.56. The van der Waals surface area contributed by atoms with Crippen LogP contribution in [0, 0.1) is 0 Å². The van der Waals surface area contributed by atoms with E-state index in [1.165, 1.54) is 30.1 Å².